The average molecular weight is 278 g/mol. The van der Waals surface area contributed by atoms with Crippen LogP contribution < -0.4 is 0 Å². The van der Waals surface area contributed by atoms with Gasteiger partial charge in [-0.15, -0.1) is 10.2 Å². The molecule has 1 aromatic carbocycles. The minimum absolute atomic E-state index is 0.369. The Bertz CT molecular complexity index is 695. The number of rotatable bonds is 1. The van der Waals surface area contributed by atoms with E-state index in [4.69, 9.17) is 0 Å². The van der Waals surface area contributed by atoms with Crippen molar-refractivity contribution < 1.29 is 15.3 Å². The van der Waals surface area contributed by atoms with Gasteiger partial charge in [-0.05, 0) is 19.1 Å². The van der Waals surface area contributed by atoms with Gasteiger partial charge in [0.1, 0.15) is 0 Å². The monoisotopic (exact) mass is 278 g/mol. The number of aryl methyl sites for hydroxylation is 1. The van der Waals surface area contributed by atoms with Crippen LogP contribution in [0.4, 0.5) is 0 Å². The van der Waals surface area contributed by atoms with E-state index >= 15 is 0 Å². The third-order valence-corrected chi connectivity index (χ3v) is 3.70. The minimum atomic E-state index is -0.545. The summed E-state index contributed by atoms with van der Waals surface area (Å²) < 4.78 is 1.58. The SMILES string of the molecule is Cc1nnc2n1N=C(c1ccc(O)c(O)c1O)CS2. The van der Waals surface area contributed by atoms with E-state index in [2.05, 4.69) is 15.3 Å². The summed E-state index contributed by atoms with van der Waals surface area (Å²) in [6.07, 6.45) is 0. The maximum absolute atomic E-state index is 9.86. The molecule has 7 nitrogen and oxygen atoms in total. The quantitative estimate of drug-likeness (QED) is 0.674. The number of hydrogen-bond acceptors (Lipinski definition) is 7. The van der Waals surface area contributed by atoms with Crippen molar-refractivity contribution in [1.29, 1.82) is 0 Å². The van der Waals surface area contributed by atoms with Gasteiger partial charge in [0.2, 0.25) is 10.9 Å². The van der Waals surface area contributed by atoms with Crippen molar-refractivity contribution in [2.75, 3.05) is 5.75 Å². The van der Waals surface area contributed by atoms with Gasteiger partial charge >= 0.3 is 0 Å². The molecule has 1 aliphatic rings. The minimum Gasteiger partial charge on any atom is -0.504 e. The van der Waals surface area contributed by atoms with Crippen LogP contribution in [0.25, 0.3) is 0 Å². The van der Waals surface area contributed by atoms with Crippen molar-refractivity contribution in [3.05, 3.63) is 23.5 Å². The van der Waals surface area contributed by atoms with Gasteiger partial charge in [0, 0.05) is 11.3 Å². The lowest BCUT2D eigenvalue weighted by Crippen LogP contribution is -2.14. The van der Waals surface area contributed by atoms with Crippen LogP contribution in [0.3, 0.4) is 0 Å². The number of aromatic nitrogens is 3. The topological polar surface area (TPSA) is 104 Å². The molecule has 2 heterocycles. The average Bonchev–Trinajstić information content (AvgIpc) is 2.78. The highest BCUT2D eigenvalue weighted by molar-refractivity contribution is 7.99. The highest BCUT2D eigenvalue weighted by Crippen LogP contribution is 2.38. The highest BCUT2D eigenvalue weighted by Gasteiger charge is 2.22. The van der Waals surface area contributed by atoms with E-state index in [0.717, 1.165) is 0 Å². The number of thioether (sulfide) groups is 1. The van der Waals surface area contributed by atoms with Crippen molar-refractivity contribution in [1.82, 2.24) is 14.9 Å². The Balaban J connectivity index is 2.12. The maximum Gasteiger partial charge on any atom is 0.212 e. The zero-order valence-corrected chi connectivity index (χ0v) is 10.7. The van der Waals surface area contributed by atoms with Crippen molar-refractivity contribution in [3.63, 3.8) is 0 Å². The van der Waals surface area contributed by atoms with Crippen LogP contribution in [0.2, 0.25) is 0 Å². The van der Waals surface area contributed by atoms with Crippen molar-refractivity contribution >= 4 is 17.5 Å². The van der Waals surface area contributed by atoms with Gasteiger partial charge in [-0.2, -0.15) is 9.78 Å². The molecule has 1 aliphatic heterocycles. The van der Waals surface area contributed by atoms with E-state index in [1.165, 1.54) is 23.9 Å². The van der Waals surface area contributed by atoms with Gasteiger partial charge in [0.25, 0.3) is 0 Å². The Morgan fingerprint density at radius 1 is 1.16 bits per heavy atom. The van der Waals surface area contributed by atoms with Crippen LogP contribution in [-0.4, -0.2) is 41.7 Å². The van der Waals surface area contributed by atoms with Crippen LogP contribution in [0.15, 0.2) is 22.4 Å². The normalized spacial score (nSPS) is 14.1. The summed E-state index contributed by atoms with van der Waals surface area (Å²) in [6.45, 7) is 1.78. The molecule has 0 spiro atoms. The van der Waals surface area contributed by atoms with E-state index in [1.54, 1.807) is 11.6 Å². The molecule has 0 saturated heterocycles. The Morgan fingerprint density at radius 3 is 2.74 bits per heavy atom. The molecule has 0 unspecified atom stereocenters. The molecule has 0 aliphatic carbocycles. The standard InChI is InChI=1S/C11H10N4O3S/c1-5-12-13-11-15(5)14-7(4-19-11)6-2-3-8(16)10(18)9(6)17/h2-3,16-18H,4H2,1H3. The van der Waals surface area contributed by atoms with E-state index in [9.17, 15) is 15.3 Å². The van der Waals surface area contributed by atoms with Crippen LogP contribution in [0, 0.1) is 6.92 Å². The molecule has 0 fully saturated rings. The lowest BCUT2D eigenvalue weighted by atomic mass is 10.1. The van der Waals surface area contributed by atoms with Gasteiger partial charge in [0.05, 0.1) is 5.71 Å². The molecule has 3 rings (SSSR count). The second-order valence-corrected chi connectivity index (χ2v) is 4.95. The largest absolute Gasteiger partial charge is 0.504 e. The summed E-state index contributed by atoms with van der Waals surface area (Å²) >= 11 is 1.43. The number of phenols is 3. The number of benzene rings is 1. The fraction of sp³-hybridized carbons (Fsp3) is 0.182. The van der Waals surface area contributed by atoms with E-state index in [-0.39, 0.29) is 11.5 Å². The molecule has 19 heavy (non-hydrogen) atoms. The predicted molar refractivity (Wildman–Crippen MR) is 68.9 cm³/mol. The molecule has 0 bridgehead atoms. The van der Waals surface area contributed by atoms with Crippen LogP contribution >= 0.6 is 11.8 Å². The first kappa shape index (κ1) is 11.8. The second kappa shape index (κ2) is 4.16. The Labute approximate surface area is 112 Å². The van der Waals surface area contributed by atoms with Crippen LogP contribution in [0.1, 0.15) is 11.4 Å². The molecule has 98 valence electrons. The van der Waals surface area contributed by atoms with Gasteiger partial charge in [-0.25, -0.2) is 0 Å². The molecule has 8 heteroatoms. The van der Waals surface area contributed by atoms with E-state index in [1.807, 2.05) is 0 Å². The van der Waals surface area contributed by atoms with E-state index < -0.39 is 5.75 Å². The second-order valence-electron chi connectivity index (χ2n) is 4.01. The summed E-state index contributed by atoms with van der Waals surface area (Å²) in [5.74, 6) is -0.158. The zero-order valence-electron chi connectivity index (χ0n) is 9.90. The van der Waals surface area contributed by atoms with Gasteiger partial charge in [0.15, 0.2) is 17.3 Å². The first-order valence-corrected chi connectivity index (χ1v) is 6.43. The molecule has 3 N–H and O–H groups in total. The van der Waals surface area contributed by atoms with Gasteiger partial charge in [-0.3, -0.25) is 0 Å². The Morgan fingerprint density at radius 2 is 1.95 bits per heavy atom. The summed E-state index contributed by atoms with van der Waals surface area (Å²) in [5.41, 5.74) is 0.953. The molecular formula is C11H10N4O3S. The maximum atomic E-state index is 9.86. The molecule has 1 aromatic heterocycles. The summed E-state index contributed by atoms with van der Waals surface area (Å²) in [7, 11) is 0. The van der Waals surface area contributed by atoms with E-state index in [0.29, 0.717) is 28.0 Å². The zero-order chi connectivity index (χ0) is 13.6. The molecular weight excluding hydrogens is 268 g/mol. The lowest BCUT2D eigenvalue weighted by Gasteiger charge is -2.14. The van der Waals surface area contributed by atoms with Crippen molar-refractivity contribution in [2.24, 2.45) is 5.10 Å². The third kappa shape index (κ3) is 1.80. The Kier molecular flexibility index (Phi) is 2.59. The number of phenolic OH excluding ortho intramolecular Hbond substituents is 3. The van der Waals surface area contributed by atoms with Gasteiger partial charge < -0.3 is 15.3 Å². The number of nitrogens with zero attached hydrogens (tertiary/aromatic N) is 4. The number of fused-ring (bicyclic) bond motifs is 1. The number of hydrogen-bond donors (Lipinski definition) is 3. The smallest absolute Gasteiger partial charge is 0.212 e. The predicted octanol–water partition coefficient (Wildman–Crippen LogP) is 1.06. The highest BCUT2D eigenvalue weighted by atomic mass is 32.2. The fourth-order valence-corrected chi connectivity index (χ4v) is 2.63. The van der Waals surface area contributed by atoms with Crippen molar-refractivity contribution in [2.45, 2.75) is 12.1 Å². The third-order valence-electron chi connectivity index (χ3n) is 2.77. The molecule has 0 radical (unpaired) electrons. The molecule has 0 amide bonds. The molecule has 0 atom stereocenters. The Hall–Kier alpha value is -2.22. The summed E-state index contributed by atoms with van der Waals surface area (Å²) in [4.78, 5) is 0. The van der Waals surface area contributed by atoms with Crippen LogP contribution in [0.5, 0.6) is 17.2 Å². The van der Waals surface area contributed by atoms with Crippen LogP contribution in [-0.2, 0) is 0 Å². The lowest BCUT2D eigenvalue weighted by molar-refractivity contribution is 0.367. The molecule has 2 aromatic rings. The fourth-order valence-electron chi connectivity index (χ4n) is 1.76. The molecule has 0 saturated carbocycles. The summed E-state index contributed by atoms with van der Waals surface area (Å²) in [6, 6.07) is 2.82. The first-order chi connectivity index (χ1) is 9.08. The van der Waals surface area contributed by atoms with Gasteiger partial charge in [-0.1, -0.05) is 11.8 Å². The van der Waals surface area contributed by atoms with Crippen molar-refractivity contribution in [3.8, 4) is 17.2 Å². The number of aromatic hydroxyl groups is 3. The summed E-state index contributed by atoms with van der Waals surface area (Å²) in [5, 5.41) is 41.6. The first-order valence-electron chi connectivity index (χ1n) is 5.45.